The first-order chi connectivity index (χ1) is 29.4. The van der Waals surface area contributed by atoms with Gasteiger partial charge in [0.1, 0.15) is 0 Å². The van der Waals surface area contributed by atoms with Crippen molar-refractivity contribution >= 4 is 71.4 Å². The maximum atomic E-state index is 5.49. The van der Waals surface area contributed by atoms with Crippen molar-refractivity contribution in [2.45, 2.75) is 26.2 Å². The molecule has 0 N–H and O–H groups in total. The Hall–Kier alpha value is -7.56. The Kier molecular flexibility index (Phi) is 8.35. The third kappa shape index (κ3) is 5.91. The number of hydrogen-bond donors (Lipinski definition) is 0. The number of benzene rings is 9. The summed E-state index contributed by atoms with van der Waals surface area (Å²) in [5.74, 6) is 0. The standard InChI is InChI=1S/C56H42N4/c1-56(2,3)55-52(57-53-47-23-12-10-20-44(47)45-21-11-13-24-48(45)54(53)58-55)38-28-33-43(34-29-38)59(40-16-6-4-7-17-40)42-31-26-37(27-32-42)39-30-35-51-49(36-39)46-22-14-15-25-50(46)60(51)41-18-8-5-9-19-41/h4-36H,1-3H3. The third-order valence-corrected chi connectivity index (χ3v) is 11.8. The van der Waals surface area contributed by atoms with Crippen LogP contribution in [-0.4, -0.2) is 14.5 Å². The summed E-state index contributed by atoms with van der Waals surface area (Å²) in [6, 6.07) is 71.7. The Morgan fingerprint density at radius 3 is 1.47 bits per heavy atom. The average Bonchev–Trinajstić information content (AvgIpc) is 3.63. The predicted octanol–water partition coefficient (Wildman–Crippen LogP) is 15.1. The fraction of sp³-hybridized carbons (Fsp3) is 0.0714. The summed E-state index contributed by atoms with van der Waals surface area (Å²) in [6.45, 7) is 6.68. The number of hydrogen-bond acceptors (Lipinski definition) is 3. The van der Waals surface area contributed by atoms with Crippen molar-refractivity contribution in [2.75, 3.05) is 4.90 Å². The van der Waals surface area contributed by atoms with E-state index in [-0.39, 0.29) is 5.41 Å². The molecule has 0 bridgehead atoms. The number of rotatable bonds is 6. The van der Waals surface area contributed by atoms with Crippen molar-refractivity contribution in [3.63, 3.8) is 0 Å². The molecule has 0 saturated carbocycles. The van der Waals surface area contributed by atoms with Crippen LogP contribution in [0, 0.1) is 0 Å². The fourth-order valence-corrected chi connectivity index (χ4v) is 8.99. The summed E-state index contributed by atoms with van der Waals surface area (Å²) in [5, 5.41) is 7.14. The van der Waals surface area contributed by atoms with Crippen LogP contribution < -0.4 is 4.90 Å². The summed E-state index contributed by atoms with van der Waals surface area (Å²) >= 11 is 0. The van der Waals surface area contributed by atoms with Crippen LogP contribution in [0.3, 0.4) is 0 Å². The zero-order valence-electron chi connectivity index (χ0n) is 33.8. The molecular weight excluding hydrogens is 729 g/mol. The van der Waals surface area contributed by atoms with Gasteiger partial charge in [-0.1, -0.05) is 154 Å². The van der Waals surface area contributed by atoms with E-state index in [0.717, 1.165) is 61.5 Å². The molecule has 4 heteroatoms. The Morgan fingerprint density at radius 2 is 0.850 bits per heavy atom. The third-order valence-electron chi connectivity index (χ3n) is 11.8. The van der Waals surface area contributed by atoms with Crippen molar-refractivity contribution in [3.8, 4) is 28.1 Å². The molecule has 0 atom stereocenters. The molecule has 0 aliphatic heterocycles. The number of nitrogens with zero attached hydrogens (tertiary/aromatic N) is 4. The molecule has 2 aromatic heterocycles. The highest BCUT2D eigenvalue weighted by molar-refractivity contribution is 6.23. The molecular formula is C56H42N4. The summed E-state index contributed by atoms with van der Waals surface area (Å²) in [5.41, 5.74) is 13.8. The van der Waals surface area contributed by atoms with Crippen molar-refractivity contribution in [3.05, 3.63) is 206 Å². The lowest BCUT2D eigenvalue weighted by Crippen LogP contribution is -2.17. The van der Waals surface area contributed by atoms with Crippen molar-refractivity contribution in [2.24, 2.45) is 0 Å². The van der Waals surface area contributed by atoms with Crippen LogP contribution in [0.25, 0.3) is 82.5 Å². The van der Waals surface area contributed by atoms with Crippen LogP contribution in [0.15, 0.2) is 200 Å². The van der Waals surface area contributed by atoms with Gasteiger partial charge >= 0.3 is 0 Å². The smallest absolute Gasteiger partial charge is 0.0979 e. The van der Waals surface area contributed by atoms with Gasteiger partial charge in [-0.25, -0.2) is 9.97 Å². The zero-order chi connectivity index (χ0) is 40.4. The monoisotopic (exact) mass is 770 g/mol. The molecule has 0 aliphatic carbocycles. The van der Waals surface area contributed by atoms with Gasteiger partial charge in [-0.15, -0.1) is 0 Å². The van der Waals surface area contributed by atoms with Gasteiger partial charge in [0.2, 0.25) is 0 Å². The molecule has 0 unspecified atom stereocenters. The van der Waals surface area contributed by atoms with Crippen LogP contribution in [0.5, 0.6) is 0 Å². The fourth-order valence-electron chi connectivity index (χ4n) is 8.99. The molecule has 11 aromatic rings. The van der Waals surface area contributed by atoms with E-state index in [1.165, 1.54) is 43.7 Å². The van der Waals surface area contributed by atoms with Crippen molar-refractivity contribution in [1.82, 2.24) is 14.5 Å². The maximum Gasteiger partial charge on any atom is 0.0979 e. The Labute approximate surface area is 349 Å². The van der Waals surface area contributed by atoms with Gasteiger partial charge in [0, 0.05) is 55.3 Å². The van der Waals surface area contributed by atoms with E-state index in [2.05, 4.69) is 230 Å². The van der Waals surface area contributed by atoms with E-state index < -0.39 is 0 Å². The van der Waals surface area contributed by atoms with Gasteiger partial charge in [0.25, 0.3) is 0 Å². The normalized spacial score (nSPS) is 11.9. The maximum absolute atomic E-state index is 5.49. The van der Waals surface area contributed by atoms with Crippen LogP contribution in [-0.2, 0) is 5.41 Å². The van der Waals surface area contributed by atoms with Crippen LogP contribution in [0.4, 0.5) is 17.1 Å². The van der Waals surface area contributed by atoms with Gasteiger partial charge in [-0.05, 0) is 88.6 Å². The minimum Gasteiger partial charge on any atom is -0.311 e. The summed E-state index contributed by atoms with van der Waals surface area (Å²) in [6.07, 6.45) is 0. The largest absolute Gasteiger partial charge is 0.311 e. The van der Waals surface area contributed by atoms with Gasteiger partial charge in [0.05, 0.1) is 33.5 Å². The zero-order valence-corrected chi connectivity index (χ0v) is 33.8. The summed E-state index contributed by atoms with van der Waals surface area (Å²) in [4.78, 5) is 13.3. The SMILES string of the molecule is CC(C)(C)c1nc2c3ccccc3c3ccccc3c2nc1-c1ccc(N(c2ccccc2)c2ccc(-c3ccc4c(c3)c3ccccc3n4-c3ccccc3)cc2)cc1. The molecule has 0 amide bonds. The topological polar surface area (TPSA) is 34.0 Å². The van der Waals surface area contributed by atoms with Crippen LogP contribution >= 0.6 is 0 Å². The molecule has 0 radical (unpaired) electrons. The number of para-hydroxylation sites is 3. The minimum atomic E-state index is -0.233. The average molecular weight is 771 g/mol. The summed E-state index contributed by atoms with van der Waals surface area (Å²) in [7, 11) is 0. The molecule has 0 aliphatic rings. The Balaban J connectivity index is 0.990. The second-order valence-corrected chi connectivity index (χ2v) is 16.6. The van der Waals surface area contributed by atoms with Gasteiger partial charge in [-0.2, -0.15) is 0 Å². The predicted molar refractivity (Wildman–Crippen MR) is 253 cm³/mol. The lowest BCUT2D eigenvalue weighted by molar-refractivity contribution is 0.571. The molecule has 0 spiro atoms. The lowest BCUT2D eigenvalue weighted by Gasteiger charge is -2.26. The second-order valence-electron chi connectivity index (χ2n) is 16.6. The number of fused-ring (bicyclic) bond motifs is 9. The van der Waals surface area contributed by atoms with E-state index >= 15 is 0 Å². The number of aromatic nitrogens is 3. The van der Waals surface area contributed by atoms with Crippen LogP contribution in [0.1, 0.15) is 26.5 Å². The molecule has 4 nitrogen and oxygen atoms in total. The highest BCUT2D eigenvalue weighted by atomic mass is 15.1. The lowest BCUT2D eigenvalue weighted by atomic mass is 9.87. The molecule has 11 rings (SSSR count). The molecule has 9 aromatic carbocycles. The first-order valence-corrected chi connectivity index (χ1v) is 20.7. The van der Waals surface area contributed by atoms with Gasteiger partial charge in [0.15, 0.2) is 0 Å². The first kappa shape index (κ1) is 35.6. The van der Waals surface area contributed by atoms with Crippen molar-refractivity contribution < 1.29 is 0 Å². The number of anilines is 3. The second kappa shape index (κ2) is 14.1. The van der Waals surface area contributed by atoms with Crippen molar-refractivity contribution in [1.29, 1.82) is 0 Å². The van der Waals surface area contributed by atoms with E-state index in [9.17, 15) is 0 Å². The first-order valence-electron chi connectivity index (χ1n) is 20.7. The van der Waals surface area contributed by atoms with E-state index in [1.54, 1.807) is 0 Å². The highest BCUT2D eigenvalue weighted by Crippen LogP contribution is 2.41. The quantitative estimate of drug-likeness (QED) is 0.158. The molecule has 0 saturated heterocycles. The minimum absolute atomic E-state index is 0.233. The molecule has 286 valence electrons. The Morgan fingerprint density at radius 1 is 0.383 bits per heavy atom. The summed E-state index contributed by atoms with van der Waals surface area (Å²) < 4.78 is 2.36. The van der Waals surface area contributed by atoms with E-state index in [0.29, 0.717) is 0 Å². The highest BCUT2D eigenvalue weighted by Gasteiger charge is 2.25. The Bertz CT molecular complexity index is 3380. The molecule has 2 heterocycles. The van der Waals surface area contributed by atoms with E-state index in [4.69, 9.17) is 9.97 Å². The van der Waals surface area contributed by atoms with Gasteiger partial charge < -0.3 is 9.47 Å². The van der Waals surface area contributed by atoms with Gasteiger partial charge in [-0.3, -0.25) is 0 Å². The van der Waals surface area contributed by atoms with Crippen LogP contribution in [0.2, 0.25) is 0 Å². The van der Waals surface area contributed by atoms with E-state index in [1.807, 2.05) is 0 Å². The molecule has 60 heavy (non-hydrogen) atoms. The molecule has 0 fully saturated rings.